The molecule has 6 nitrogen and oxygen atoms in total. The minimum absolute atomic E-state index is 0.684. The molecule has 1 unspecified atom stereocenters. The number of rotatable bonds is 7. The van der Waals surface area contributed by atoms with Crippen LogP contribution in [0.2, 0.25) is 0 Å². The van der Waals surface area contributed by atoms with E-state index in [1.807, 2.05) is 19.2 Å². The molecule has 1 aliphatic rings. The molecule has 0 spiro atoms. The molecule has 0 aliphatic carbocycles. The maximum atomic E-state index is 5.53. The van der Waals surface area contributed by atoms with Crippen LogP contribution in [0.1, 0.15) is 18.9 Å². The van der Waals surface area contributed by atoms with E-state index >= 15 is 0 Å². The molecule has 1 fully saturated rings. The van der Waals surface area contributed by atoms with Crippen molar-refractivity contribution in [2.45, 2.75) is 25.0 Å². The quantitative estimate of drug-likeness (QED) is 0.579. The van der Waals surface area contributed by atoms with Crippen molar-refractivity contribution in [3.05, 3.63) is 17.7 Å². The summed E-state index contributed by atoms with van der Waals surface area (Å²) in [5.74, 6) is 4.40. The third kappa shape index (κ3) is 5.13. The number of nitrogens with zero attached hydrogens (tertiary/aromatic N) is 2. The molecule has 0 bridgehead atoms. The van der Waals surface area contributed by atoms with Crippen LogP contribution in [-0.4, -0.2) is 69.9 Å². The van der Waals surface area contributed by atoms with Gasteiger partial charge in [-0.15, -0.1) is 0 Å². The van der Waals surface area contributed by atoms with Crippen molar-refractivity contribution in [2.75, 3.05) is 53.8 Å². The molecule has 0 radical (unpaired) electrons. The fraction of sp³-hybridized carbons (Fsp3) is 0.632. The molecular weight excluding hydrogens is 350 g/mol. The first-order chi connectivity index (χ1) is 12.7. The smallest absolute Gasteiger partial charge is 0.193 e. The van der Waals surface area contributed by atoms with E-state index in [9.17, 15) is 0 Å². The number of hydrogen-bond acceptors (Lipinski definition) is 5. The monoisotopic (exact) mass is 381 g/mol. The number of methoxy groups -OCH3 is 3. The van der Waals surface area contributed by atoms with Gasteiger partial charge in [0.15, 0.2) is 5.96 Å². The predicted molar refractivity (Wildman–Crippen MR) is 109 cm³/mol. The Bertz CT molecular complexity index is 585. The average Bonchev–Trinajstić information content (AvgIpc) is 2.70. The van der Waals surface area contributed by atoms with Crippen molar-refractivity contribution in [1.82, 2.24) is 10.2 Å². The van der Waals surface area contributed by atoms with Crippen LogP contribution in [0.25, 0.3) is 0 Å². The van der Waals surface area contributed by atoms with Gasteiger partial charge in [-0.1, -0.05) is 6.92 Å². The lowest BCUT2D eigenvalue weighted by molar-refractivity contribution is 0.368. The summed E-state index contributed by atoms with van der Waals surface area (Å²) in [5.41, 5.74) is 1.03. The van der Waals surface area contributed by atoms with Gasteiger partial charge in [0.2, 0.25) is 0 Å². The zero-order valence-electron chi connectivity index (χ0n) is 16.5. The molecule has 1 aromatic carbocycles. The van der Waals surface area contributed by atoms with Crippen molar-refractivity contribution in [2.24, 2.45) is 4.99 Å². The van der Waals surface area contributed by atoms with Gasteiger partial charge < -0.3 is 24.4 Å². The third-order valence-electron chi connectivity index (χ3n) is 4.58. The van der Waals surface area contributed by atoms with E-state index in [0.717, 1.165) is 60.6 Å². The SMILES string of the molecule is CCC1CN(C(=NC)NCCc2c(OC)cc(OC)cc2OC)CCS1. The van der Waals surface area contributed by atoms with Crippen LogP contribution in [0, 0.1) is 0 Å². The van der Waals surface area contributed by atoms with Gasteiger partial charge >= 0.3 is 0 Å². The Balaban J connectivity index is 2.02. The van der Waals surface area contributed by atoms with E-state index in [-0.39, 0.29) is 0 Å². The molecule has 1 aliphatic heterocycles. The van der Waals surface area contributed by atoms with Crippen molar-refractivity contribution in [3.8, 4) is 17.2 Å². The molecule has 1 heterocycles. The second kappa shape index (κ2) is 10.4. The highest BCUT2D eigenvalue weighted by molar-refractivity contribution is 8.00. The fourth-order valence-corrected chi connectivity index (χ4v) is 4.29. The first kappa shape index (κ1) is 20.6. The molecule has 26 heavy (non-hydrogen) atoms. The van der Waals surface area contributed by atoms with Gasteiger partial charge in [0.1, 0.15) is 17.2 Å². The minimum atomic E-state index is 0.684. The molecule has 2 rings (SSSR count). The van der Waals surface area contributed by atoms with E-state index < -0.39 is 0 Å². The van der Waals surface area contributed by atoms with Crippen molar-refractivity contribution >= 4 is 17.7 Å². The van der Waals surface area contributed by atoms with Crippen LogP contribution in [0.3, 0.4) is 0 Å². The summed E-state index contributed by atoms with van der Waals surface area (Å²) in [6.07, 6.45) is 1.97. The summed E-state index contributed by atoms with van der Waals surface area (Å²) < 4.78 is 16.4. The molecule has 0 aromatic heterocycles. The van der Waals surface area contributed by atoms with Gasteiger partial charge in [-0.2, -0.15) is 11.8 Å². The summed E-state index contributed by atoms with van der Waals surface area (Å²) in [4.78, 5) is 6.82. The molecule has 1 aromatic rings. The first-order valence-corrected chi connectivity index (χ1v) is 10.1. The number of hydrogen-bond donors (Lipinski definition) is 1. The second-order valence-electron chi connectivity index (χ2n) is 6.08. The summed E-state index contributed by atoms with van der Waals surface area (Å²) in [6, 6.07) is 3.78. The molecule has 7 heteroatoms. The topological polar surface area (TPSA) is 55.3 Å². The predicted octanol–water partition coefficient (Wildman–Crippen LogP) is 2.66. The maximum Gasteiger partial charge on any atom is 0.193 e. The molecule has 1 atom stereocenters. The maximum absolute atomic E-state index is 5.53. The van der Waals surface area contributed by atoms with Crippen LogP contribution in [0.15, 0.2) is 17.1 Å². The largest absolute Gasteiger partial charge is 0.496 e. The highest BCUT2D eigenvalue weighted by Crippen LogP contribution is 2.34. The molecule has 1 saturated heterocycles. The van der Waals surface area contributed by atoms with Crippen LogP contribution in [0.5, 0.6) is 17.2 Å². The van der Waals surface area contributed by atoms with E-state index in [2.05, 4.69) is 33.9 Å². The Hall–Kier alpha value is -1.76. The average molecular weight is 382 g/mol. The Labute approximate surface area is 161 Å². The van der Waals surface area contributed by atoms with Crippen LogP contribution in [-0.2, 0) is 6.42 Å². The molecule has 0 saturated carbocycles. The summed E-state index contributed by atoms with van der Waals surface area (Å²) in [6.45, 7) is 5.10. The van der Waals surface area contributed by atoms with Crippen LogP contribution >= 0.6 is 11.8 Å². The zero-order chi connectivity index (χ0) is 18.9. The lowest BCUT2D eigenvalue weighted by Gasteiger charge is -2.34. The van der Waals surface area contributed by atoms with E-state index in [0.29, 0.717) is 5.25 Å². The van der Waals surface area contributed by atoms with Gasteiger partial charge in [-0.05, 0) is 12.8 Å². The van der Waals surface area contributed by atoms with E-state index in [1.54, 1.807) is 21.3 Å². The summed E-state index contributed by atoms with van der Waals surface area (Å²) >= 11 is 2.06. The number of thioether (sulfide) groups is 1. The third-order valence-corrected chi connectivity index (χ3v) is 5.95. The Morgan fingerprint density at radius 2 is 1.92 bits per heavy atom. The molecule has 146 valence electrons. The fourth-order valence-electron chi connectivity index (χ4n) is 3.11. The molecule has 1 N–H and O–H groups in total. The van der Waals surface area contributed by atoms with Crippen molar-refractivity contribution < 1.29 is 14.2 Å². The van der Waals surface area contributed by atoms with Crippen molar-refractivity contribution in [3.63, 3.8) is 0 Å². The Morgan fingerprint density at radius 1 is 1.23 bits per heavy atom. The Kier molecular flexibility index (Phi) is 8.22. The number of aliphatic imine (C=N–C) groups is 1. The molecule has 0 amide bonds. The lowest BCUT2D eigenvalue weighted by Crippen LogP contribution is -2.48. The highest BCUT2D eigenvalue weighted by atomic mass is 32.2. The summed E-state index contributed by atoms with van der Waals surface area (Å²) in [7, 11) is 6.82. The first-order valence-electron chi connectivity index (χ1n) is 9.02. The zero-order valence-corrected chi connectivity index (χ0v) is 17.3. The van der Waals surface area contributed by atoms with Gasteiger partial charge in [0.25, 0.3) is 0 Å². The van der Waals surface area contributed by atoms with E-state index in [1.165, 1.54) is 6.42 Å². The highest BCUT2D eigenvalue weighted by Gasteiger charge is 2.21. The van der Waals surface area contributed by atoms with Gasteiger partial charge in [0, 0.05) is 55.4 Å². The van der Waals surface area contributed by atoms with Gasteiger partial charge in [0.05, 0.1) is 21.3 Å². The minimum Gasteiger partial charge on any atom is -0.496 e. The second-order valence-corrected chi connectivity index (χ2v) is 7.49. The number of nitrogens with one attached hydrogen (secondary N) is 1. The number of ether oxygens (including phenoxy) is 3. The van der Waals surface area contributed by atoms with Gasteiger partial charge in [-0.3, -0.25) is 4.99 Å². The summed E-state index contributed by atoms with van der Waals surface area (Å²) in [5, 5.41) is 4.17. The Morgan fingerprint density at radius 3 is 2.46 bits per heavy atom. The van der Waals surface area contributed by atoms with Gasteiger partial charge in [-0.25, -0.2) is 0 Å². The number of benzene rings is 1. The van der Waals surface area contributed by atoms with E-state index in [4.69, 9.17) is 14.2 Å². The standard InChI is InChI=1S/C19H31N3O3S/c1-6-15-13-22(9-10-26-15)19(20-2)21-8-7-16-17(24-4)11-14(23-3)12-18(16)25-5/h11-12,15H,6-10,13H2,1-5H3,(H,20,21). The normalized spacial score (nSPS) is 17.8. The van der Waals surface area contributed by atoms with Crippen LogP contribution in [0.4, 0.5) is 0 Å². The molecular formula is C19H31N3O3S. The van der Waals surface area contributed by atoms with Crippen LogP contribution < -0.4 is 19.5 Å². The lowest BCUT2D eigenvalue weighted by atomic mass is 10.1. The van der Waals surface area contributed by atoms with Crippen molar-refractivity contribution in [1.29, 1.82) is 0 Å². The number of guanidine groups is 1.